The van der Waals surface area contributed by atoms with E-state index in [1.165, 1.54) is 0 Å². The lowest BCUT2D eigenvalue weighted by Crippen LogP contribution is -2.04. The summed E-state index contributed by atoms with van der Waals surface area (Å²) in [7, 11) is 0. The lowest BCUT2D eigenvalue weighted by atomic mass is 10.0. The lowest BCUT2D eigenvalue weighted by molar-refractivity contribution is 0.464. The van der Waals surface area contributed by atoms with Crippen molar-refractivity contribution in [3.05, 3.63) is 41.0 Å². The van der Waals surface area contributed by atoms with Crippen LogP contribution in [0.15, 0.2) is 29.2 Å². The largest absolute Gasteiger partial charge is 0.507 e. The zero-order chi connectivity index (χ0) is 14.4. The van der Waals surface area contributed by atoms with Gasteiger partial charge in [-0.15, -0.1) is 17.7 Å². The van der Waals surface area contributed by atoms with Crippen molar-refractivity contribution < 1.29 is 5.11 Å². The van der Waals surface area contributed by atoms with Gasteiger partial charge in [0.2, 0.25) is 0 Å². The number of thiol groups is 1. The van der Waals surface area contributed by atoms with Gasteiger partial charge in [-0.05, 0) is 44.0 Å². The second kappa shape index (κ2) is 4.52. The van der Waals surface area contributed by atoms with Crippen LogP contribution in [0.3, 0.4) is 0 Å². The van der Waals surface area contributed by atoms with Crippen molar-refractivity contribution in [1.29, 1.82) is 0 Å². The van der Waals surface area contributed by atoms with Crippen LogP contribution in [0, 0.1) is 20.8 Å². The van der Waals surface area contributed by atoms with E-state index in [0.29, 0.717) is 0 Å². The molecule has 0 amide bonds. The first-order valence-corrected chi connectivity index (χ1v) is 6.79. The Morgan fingerprint density at radius 1 is 1.05 bits per heavy atom. The van der Waals surface area contributed by atoms with E-state index < -0.39 is 0 Å². The number of hydrogen-bond acceptors (Lipinski definition) is 4. The molecule has 3 aromatic rings. The van der Waals surface area contributed by atoms with Crippen molar-refractivity contribution in [2.75, 3.05) is 0 Å². The summed E-state index contributed by atoms with van der Waals surface area (Å²) in [6.07, 6.45) is 0. The molecule has 0 saturated carbocycles. The van der Waals surface area contributed by atoms with E-state index in [1.807, 2.05) is 45.0 Å². The van der Waals surface area contributed by atoms with Crippen LogP contribution in [-0.4, -0.2) is 20.1 Å². The highest BCUT2D eigenvalue weighted by atomic mass is 32.1. The average Bonchev–Trinajstić information content (AvgIpc) is 2.87. The van der Waals surface area contributed by atoms with E-state index in [9.17, 15) is 5.11 Å². The first-order chi connectivity index (χ1) is 9.52. The molecular weight excluding hydrogens is 270 g/mol. The van der Waals surface area contributed by atoms with Gasteiger partial charge < -0.3 is 5.11 Å². The second-order valence-electron chi connectivity index (χ2n) is 4.91. The molecule has 0 spiro atoms. The second-order valence-corrected chi connectivity index (χ2v) is 5.36. The molecule has 0 aliphatic rings. The van der Waals surface area contributed by atoms with E-state index >= 15 is 0 Å². The molecule has 0 atom stereocenters. The normalized spacial score (nSPS) is 11.2. The third-order valence-electron chi connectivity index (χ3n) is 3.77. The maximum Gasteiger partial charge on any atom is 0.123 e. The Kier molecular flexibility index (Phi) is 2.94. The van der Waals surface area contributed by atoms with Gasteiger partial charge in [0.25, 0.3) is 0 Å². The van der Waals surface area contributed by atoms with Gasteiger partial charge in [-0.3, -0.25) is 0 Å². The van der Waals surface area contributed by atoms with Crippen molar-refractivity contribution in [3.8, 4) is 11.4 Å². The van der Waals surface area contributed by atoms with Crippen LogP contribution in [0.1, 0.15) is 16.7 Å². The van der Waals surface area contributed by atoms with E-state index in [0.717, 1.165) is 38.3 Å². The molecule has 3 rings (SSSR count). The van der Waals surface area contributed by atoms with Crippen molar-refractivity contribution in [3.63, 3.8) is 0 Å². The minimum Gasteiger partial charge on any atom is -0.507 e. The number of phenolic OH excluding ortho intramolecular Hbond substituents is 1. The molecule has 102 valence electrons. The van der Waals surface area contributed by atoms with Crippen LogP contribution < -0.4 is 0 Å². The van der Waals surface area contributed by atoms with Crippen LogP contribution in [0.5, 0.6) is 5.75 Å². The standard InChI is InChI=1S/C15H15N3OS/c1-8-9(2)15(20)13(10(3)14(8)19)18-12-7-5-4-6-11(12)16-17-18/h4-7,19-20H,1-3H3. The number of benzene rings is 2. The minimum atomic E-state index is 0.287. The predicted molar refractivity (Wildman–Crippen MR) is 82.0 cm³/mol. The lowest BCUT2D eigenvalue weighted by Gasteiger charge is -2.16. The highest BCUT2D eigenvalue weighted by molar-refractivity contribution is 7.80. The molecule has 1 aromatic heterocycles. The van der Waals surface area contributed by atoms with E-state index in [4.69, 9.17) is 0 Å². The average molecular weight is 285 g/mol. The number of phenols is 1. The maximum atomic E-state index is 10.3. The number of rotatable bonds is 1. The molecule has 0 saturated heterocycles. The van der Waals surface area contributed by atoms with E-state index in [1.54, 1.807) is 4.68 Å². The molecule has 0 aliphatic heterocycles. The summed E-state index contributed by atoms with van der Waals surface area (Å²) in [6, 6.07) is 7.73. The number of para-hydroxylation sites is 1. The van der Waals surface area contributed by atoms with Gasteiger partial charge in [0.1, 0.15) is 11.3 Å². The molecule has 0 bridgehead atoms. The smallest absolute Gasteiger partial charge is 0.123 e. The van der Waals surface area contributed by atoms with Gasteiger partial charge >= 0.3 is 0 Å². The molecule has 0 radical (unpaired) electrons. The summed E-state index contributed by atoms with van der Waals surface area (Å²) in [5.41, 5.74) is 5.05. The first kappa shape index (κ1) is 13.0. The van der Waals surface area contributed by atoms with E-state index in [-0.39, 0.29) is 5.75 Å². The molecule has 0 unspecified atom stereocenters. The molecule has 1 N–H and O–H groups in total. The van der Waals surface area contributed by atoms with E-state index in [2.05, 4.69) is 22.9 Å². The molecule has 1 heterocycles. The SMILES string of the molecule is Cc1c(C)c(S)c(-n2nnc3ccccc32)c(C)c1O. The Bertz CT molecular complexity index is 794. The van der Waals surface area contributed by atoms with Gasteiger partial charge in [0.15, 0.2) is 0 Å². The number of nitrogens with zero attached hydrogens (tertiary/aromatic N) is 3. The monoisotopic (exact) mass is 285 g/mol. The van der Waals surface area contributed by atoms with Crippen LogP contribution in [0.2, 0.25) is 0 Å². The summed E-state index contributed by atoms with van der Waals surface area (Å²) >= 11 is 4.61. The summed E-state index contributed by atoms with van der Waals surface area (Å²) in [6.45, 7) is 5.70. The molecule has 0 fully saturated rings. The van der Waals surface area contributed by atoms with Gasteiger partial charge in [-0.1, -0.05) is 17.3 Å². The highest BCUT2D eigenvalue weighted by Crippen LogP contribution is 2.36. The van der Waals surface area contributed by atoms with Crippen molar-refractivity contribution in [2.24, 2.45) is 0 Å². The Hall–Kier alpha value is -2.01. The zero-order valence-electron chi connectivity index (χ0n) is 11.5. The molecule has 5 heteroatoms. The molecular formula is C15H15N3OS. The fourth-order valence-electron chi connectivity index (χ4n) is 2.40. The Labute approximate surface area is 122 Å². The number of hydrogen-bond donors (Lipinski definition) is 2. The predicted octanol–water partition coefficient (Wildman–Crippen LogP) is 3.34. The summed E-state index contributed by atoms with van der Waals surface area (Å²) in [5.74, 6) is 0.287. The number of fused-ring (bicyclic) bond motifs is 1. The Morgan fingerprint density at radius 2 is 1.75 bits per heavy atom. The van der Waals surface area contributed by atoms with Crippen LogP contribution in [0.25, 0.3) is 16.7 Å². The third kappa shape index (κ3) is 1.70. The number of aromatic hydroxyl groups is 1. The van der Waals surface area contributed by atoms with Crippen molar-refractivity contribution >= 4 is 23.7 Å². The summed E-state index contributed by atoms with van der Waals surface area (Å²) in [4.78, 5) is 0.813. The maximum absolute atomic E-state index is 10.3. The van der Waals surface area contributed by atoms with Gasteiger partial charge in [-0.2, -0.15) is 0 Å². The van der Waals surface area contributed by atoms with Gasteiger partial charge in [0.05, 0.1) is 11.2 Å². The zero-order valence-corrected chi connectivity index (χ0v) is 12.4. The topological polar surface area (TPSA) is 50.9 Å². The van der Waals surface area contributed by atoms with Crippen LogP contribution >= 0.6 is 12.6 Å². The third-order valence-corrected chi connectivity index (χ3v) is 4.32. The van der Waals surface area contributed by atoms with Crippen LogP contribution in [-0.2, 0) is 0 Å². The quantitative estimate of drug-likeness (QED) is 0.674. The van der Waals surface area contributed by atoms with Gasteiger partial charge in [0, 0.05) is 10.5 Å². The van der Waals surface area contributed by atoms with Crippen molar-refractivity contribution in [2.45, 2.75) is 25.7 Å². The molecule has 4 nitrogen and oxygen atoms in total. The summed E-state index contributed by atoms with van der Waals surface area (Å²) < 4.78 is 1.74. The molecule has 2 aromatic carbocycles. The van der Waals surface area contributed by atoms with Crippen LogP contribution in [0.4, 0.5) is 0 Å². The fraction of sp³-hybridized carbons (Fsp3) is 0.200. The first-order valence-electron chi connectivity index (χ1n) is 6.35. The van der Waals surface area contributed by atoms with Gasteiger partial charge in [-0.25, -0.2) is 4.68 Å². The summed E-state index contributed by atoms with van der Waals surface area (Å²) in [5, 5.41) is 18.6. The number of aromatic nitrogens is 3. The van der Waals surface area contributed by atoms with Crippen molar-refractivity contribution in [1.82, 2.24) is 15.0 Å². The molecule has 20 heavy (non-hydrogen) atoms. The Morgan fingerprint density at radius 3 is 2.50 bits per heavy atom. The highest BCUT2D eigenvalue weighted by Gasteiger charge is 2.18. The minimum absolute atomic E-state index is 0.287. The molecule has 0 aliphatic carbocycles. The fourth-order valence-corrected chi connectivity index (χ4v) is 2.83. The Balaban J connectivity index is 2.41.